The highest BCUT2D eigenvalue weighted by Crippen LogP contribution is 2.45. The van der Waals surface area contributed by atoms with Crippen LogP contribution in [0, 0.1) is 13.8 Å². The number of benzene rings is 2. The number of fused-ring (bicyclic) bond motifs is 2. The molecule has 1 atom stereocenters. The maximum absolute atomic E-state index is 12.6. The molecule has 0 bridgehead atoms. The van der Waals surface area contributed by atoms with Crippen molar-refractivity contribution < 1.29 is 9.90 Å². The van der Waals surface area contributed by atoms with Crippen molar-refractivity contribution >= 4 is 22.5 Å². The lowest BCUT2D eigenvalue weighted by molar-refractivity contribution is -0.129. The minimum atomic E-state index is -1.66. The van der Waals surface area contributed by atoms with Crippen LogP contribution < -0.4 is 5.32 Å². The summed E-state index contributed by atoms with van der Waals surface area (Å²) in [5, 5.41) is 15.0. The molecule has 0 fully saturated rings. The Balaban J connectivity index is 2.09. The number of aryl methyl sites for hydroxylation is 2. The molecule has 0 saturated heterocycles. The van der Waals surface area contributed by atoms with E-state index in [1.165, 1.54) is 0 Å². The van der Waals surface area contributed by atoms with Crippen LogP contribution in [0.15, 0.2) is 42.5 Å². The van der Waals surface area contributed by atoms with Crippen molar-refractivity contribution in [2.45, 2.75) is 19.4 Å². The highest BCUT2D eigenvalue weighted by molar-refractivity contribution is 6.10. The fourth-order valence-corrected chi connectivity index (χ4v) is 3.45. The second kappa shape index (κ2) is 4.21. The number of aliphatic hydroxyl groups is 1. The lowest BCUT2D eigenvalue weighted by Crippen LogP contribution is -2.35. The number of aromatic amines is 1. The Kier molecular flexibility index (Phi) is 2.51. The van der Waals surface area contributed by atoms with Crippen molar-refractivity contribution in [2.75, 3.05) is 5.32 Å². The Bertz CT molecular complexity index is 926. The fraction of sp³-hybridized carbons (Fsp3) is 0.167. The number of nitrogens with one attached hydrogen (secondary N) is 2. The number of para-hydroxylation sites is 2. The van der Waals surface area contributed by atoms with Gasteiger partial charge in [0, 0.05) is 27.7 Å². The van der Waals surface area contributed by atoms with Crippen LogP contribution in [-0.2, 0) is 10.4 Å². The van der Waals surface area contributed by atoms with E-state index in [4.69, 9.17) is 0 Å². The summed E-state index contributed by atoms with van der Waals surface area (Å²) in [6, 6.07) is 13.3. The zero-order valence-corrected chi connectivity index (χ0v) is 12.4. The zero-order valence-electron chi connectivity index (χ0n) is 12.4. The fourth-order valence-electron chi connectivity index (χ4n) is 3.45. The molecule has 3 aromatic rings. The molecular weight excluding hydrogens is 276 g/mol. The van der Waals surface area contributed by atoms with Crippen LogP contribution in [0.25, 0.3) is 10.9 Å². The van der Waals surface area contributed by atoms with E-state index in [2.05, 4.69) is 10.3 Å². The third-order valence-electron chi connectivity index (χ3n) is 4.49. The molecule has 1 unspecified atom stereocenters. The maximum atomic E-state index is 12.6. The van der Waals surface area contributed by atoms with Crippen LogP contribution in [-0.4, -0.2) is 16.0 Å². The molecule has 2 aromatic carbocycles. The summed E-state index contributed by atoms with van der Waals surface area (Å²) in [4.78, 5) is 15.9. The molecule has 22 heavy (non-hydrogen) atoms. The van der Waals surface area contributed by atoms with Gasteiger partial charge in [-0.05, 0) is 25.5 Å². The minimum absolute atomic E-state index is 0.398. The quantitative estimate of drug-likeness (QED) is 0.645. The number of H-pyrrole nitrogens is 1. The molecule has 1 aliphatic rings. The molecule has 4 nitrogen and oxygen atoms in total. The largest absolute Gasteiger partial charge is 0.372 e. The SMILES string of the molecule is Cc1cccc2c1NC(=O)C2(O)c1c(C)[nH]c2ccccc12. The molecule has 0 radical (unpaired) electrons. The first-order valence-corrected chi connectivity index (χ1v) is 7.25. The molecule has 1 amide bonds. The van der Waals surface area contributed by atoms with Crippen molar-refractivity contribution in [2.24, 2.45) is 0 Å². The number of carbonyl (C=O) groups excluding carboxylic acids is 1. The van der Waals surface area contributed by atoms with Gasteiger partial charge in [-0.25, -0.2) is 0 Å². The Morgan fingerprint density at radius 1 is 1.05 bits per heavy atom. The van der Waals surface area contributed by atoms with Crippen LogP contribution in [0.4, 0.5) is 5.69 Å². The first-order valence-electron chi connectivity index (χ1n) is 7.25. The van der Waals surface area contributed by atoms with Gasteiger partial charge in [0.2, 0.25) is 0 Å². The van der Waals surface area contributed by atoms with Gasteiger partial charge in [-0.3, -0.25) is 4.79 Å². The molecule has 0 aliphatic carbocycles. The van der Waals surface area contributed by atoms with E-state index in [1.807, 2.05) is 50.2 Å². The smallest absolute Gasteiger partial charge is 0.265 e. The van der Waals surface area contributed by atoms with E-state index in [9.17, 15) is 9.90 Å². The van der Waals surface area contributed by atoms with Crippen LogP contribution in [0.2, 0.25) is 0 Å². The summed E-state index contributed by atoms with van der Waals surface area (Å²) >= 11 is 0. The Morgan fingerprint density at radius 3 is 2.64 bits per heavy atom. The van der Waals surface area contributed by atoms with Gasteiger partial charge in [-0.2, -0.15) is 0 Å². The van der Waals surface area contributed by atoms with Gasteiger partial charge in [-0.15, -0.1) is 0 Å². The zero-order chi connectivity index (χ0) is 15.5. The second-order valence-electron chi connectivity index (χ2n) is 5.83. The van der Waals surface area contributed by atoms with Gasteiger partial charge >= 0.3 is 0 Å². The summed E-state index contributed by atoms with van der Waals surface area (Å²) in [6.07, 6.45) is 0. The first-order chi connectivity index (χ1) is 10.5. The Morgan fingerprint density at radius 2 is 1.82 bits per heavy atom. The van der Waals surface area contributed by atoms with Crippen LogP contribution in [0.1, 0.15) is 22.4 Å². The maximum Gasteiger partial charge on any atom is 0.265 e. The van der Waals surface area contributed by atoms with Crippen LogP contribution in [0.3, 0.4) is 0 Å². The Hall–Kier alpha value is -2.59. The number of amides is 1. The third-order valence-corrected chi connectivity index (χ3v) is 4.49. The third kappa shape index (κ3) is 1.47. The molecule has 4 heteroatoms. The second-order valence-corrected chi connectivity index (χ2v) is 5.83. The normalized spacial score (nSPS) is 20.2. The summed E-state index contributed by atoms with van der Waals surface area (Å²) in [7, 11) is 0. The van der Waals surface area contributed by atoms with E-state index in [0.717, 1.165) is 22.2 Å². The van der Waals surface area contributed by atoms with Crippen molar-refractivity contribution in [1.29, 1.82) is 0 Å². The number of aromatic nitrogens is 1. The van der Waals surface area contributed by atoms with E-state index in [-0.39, 0.29) is 0 Å². The van der Waals surface area contributed by atoms with E-state index >= 15 is 0 Å². The molecule has 1 aliphatic heterocycles. The van der Waals surface area contributed by atoms with Crippen molar-refractivity contribution in [1.82, 2.24) is 4.98 Å². The number of carbonyl (C=O) groups is 1. The van der Waals surface area contributed by atoms with Gasteiger partial charge in [0.1, 0.15) is 0 Å². The number of anilines is 1. The summed E-state index contributed by atoms with van der Waals surface area (Å²) in [5.41, 5.74) is 2.95. The van der Waals surface area contributed by atoms with Crippen molar-refractivity contribution in [3.8, 4) is 0 Å². The first kappa shape index (κ1) is 13.1. The molecule has 1 aromatic heterocycles. The topological polar surface area (TPSA) is 65.1 Å². The molecule has 3 N–H and O–H groups in total. The highest BCUT2D eigenvalue weighted by atomic mass is 16.3. The van der Waals surface area contributed by atoms with Gasteiger partial charge < -0.3 is 15.4 Å². The summed E-state index contributed by atoms with van der Waals surface area (Å²) in [5.74, 6) is -0.398. The van der Waals surface area contributed by atoms with Gasteiger partial charge in [-0.1, -0.05) is 36.4 Å². The van der Waals surface area contributed by atoms with Crippen LogP contribution in [0.5, 0.6) is 0 Å². The highest BCUT2D eigenvalue weighted by Gasteiger charge is 2.49. The Labute approximate surface area is 127 Å². The predicted molar refractivity (Wildman–Crippen MR) is 85.8 cm³/mol. The molecule has 110 valence electrons. The molecule has 0 saturated carbocycles. The van der Waals surface area contributed by atoms with Gasteiger partial charge in [0.15, 0.2) is 5.60 Å². The molecule has 4 rings (SSSR count). The van der Waals surface area contributed by atoms with Gasteiger partial charge in [0.05, 0.1) is 5.69 Å². The van der Waals surface area contributed by atoms with Crippen molar-refractivity contribution in [3.05, 3.63) is 64.8 Å². The average molecular weight is 292 g/mol. The summed E-state index contributed by atoms with van der Waals surface area (Å²) in [6.45, 7) is 3.81. The standard InChI is InChI=1S/C18H16N2O2/c1-10-6-5-8-13-16(10)20-17(21)18(13,22)15-11(2)19-14-9-4-3-7-12(14)15/h3-9,19,22H,1-2H3,(H,20,21). The van der Waals surface area contributed by atoms with Gasteiger partial charge in [0.25, 0.3) is 5.91 Å². The van der Waals surface area contributed by atoms with Crippen molar-refractivity contribution in [3.63, 3.8) is 0 Å². The monoisotopic (exact) mass is 292 g/mol. The molecule has 0 spiro atoms. The molecular formula is C18H16N2O2. The predicted octanol–water partition coefficient (Wildman–Crippen LogP) is 2.97. The summed E-state index contributed by atoms with van der Waals surface area (Å²) < 4.78 is 0. The lowest BCUT2D eigenvalue weighted by Gasteiger charge is -2.22. The van der Waals surface area contributed by atoms with E-state index < -0.39 is 11.5 Å². The van der Waals surface area contributed by atoms with Crippen LogP contribution >= 0.6 is 0 Å². The number of rotatable bonds is 1. The lowest BCUT2D eigenvalue weighted by atomic mass is 9.85. The average Bonchev–Trinajstić information content (AvgIpc) is 2.96. The van der Waals surface area contributed by atoms with E-state index in [0.29, 0.717) is 16.8 Å². The number of hydrogen-bond acceptors (Lipinski definition) is 2. The van der Waals surface area contributed by atoms with E-state index in [1.54, 1.807) is 6.07 Å². The minimum Gasteiger partial charge on any atom is -0.372 e. The molecule has 2 heterocycles. The number of hydrogen-bond donors (Lipinski definition) is 3.